The van der Waals surface area contributed by atoms with E-state index in [-0.39, 0.29) is 17.5 Å². The smallest absolute Gasteiger partial charge is 0.255 e. The van der Waals surface area contributed by atoms with Gasteiger partial charge >= 0.3 is 0 Å². The minimum absolute atomic E-state index is 0.0314. The van der Waals surface area contributed by atoms with Gasteiger partial charge in [-0.2, -0.15) is 0 Å². The van der Waals surface area contributed by atoms with Crippen LogP contribution in [-0.4, -0.2) is 39.2 Å². The van der Waals surface area contributed by atoms with Crippen molar-refractivity contribution >= 4 is 27.5 Å². The topological polar surface area (TPSA) is 104 Å². The van der Waals surface area contributed by atoms with Gasteiger partial charge in [0.2, 0.25) is 11.8 Å². The molecule has 7 nitrogen and oxygen atoms in total. The summed E-state index contributed by atoms with van der Waals surface area (Å²) in [6.45, 7) is 3.53. The lowest BCUT2D eigenvalue weighted by atomic mass is 10.0. The van der Waals surface area contributed by atoms with Gasteiger partial charge in [-0.1, -0.05) is 11.8 Å². The second-order valence-corrected chi connectivity index (χ2v) is 7.69. The highest BCUT2D eigenvalue weighted by atomic mass is 16.5. The van der Waals surface area contributed by atoms with Crippen LogP contribution in [0.3, 0.4) is 0 Å². The quantitative estimate of drug-likeness (QED) is 0.467. The van der Waals surface area contributed by atoms with E-state index in [1.165, 1.54) is 0 Å². The van der Waals surface area contributed by atoms with Gasteiger partial charge in [-0.05, 0) is 43.9 Å². The zero-order chi connectivity index (χ0) is 20.6. The second kappa shape index (κ2) is 7.22. The Kier molecular flexibility index (Phi) is 4.73. The Hall–Kier alpha value is -3.37. The molecule has 1 fully saturated rings. The first-order chi connectivity index (χ1) is 13.8. The van der Waals surface area contributed by atoms with E-state index >= 15 is 0 Å². The minimum Gasteiger partial charge on any atom is -0.475 e. The molecule has 1 aromatic carbocycles. The molecule has 1 saturated heterocycles. The number of ether oxygens (including phenoxy) is 1. The van der Waals surface area contributed by atoms with Crippen molar-refractivity contribution in [3.63, 3.8) is 0 Å². The number of rotatable bonds is 3. The van der Waals surface area contributed by atoms with Gasteiger partial charge in [0.05, 0.1) is 6.04 Å². The van der Waals surface area contributed by atoms with Crippen molar-refractivity contribution in [3.8, 4) is 17.7 Å². The second-order valence-electron chi connectivity index (χ2n) is 7.69. The average molecular weight is 391 g/mol. The van der Waals surface area contributed by atoms with E-state index < -0.39 is 5.60 Å². The molecule has 1 aliphatic rings. The summed E-state index contributed by atoms with van der Waals surface area (Å²) in [6, 6.07) is 5.40. The molecule has 2 aromatic heterocycles. The predicted octanol–water partition coefficient (Wildman–Crippen LogP) is 1.86. The number of carbonyl (C=O) groups is 1. The number of aromatic amines is 1. The third-order valence-corrected chi connectivity index (χ3v) is 4.76. The van der Waals surface area contributed by atoms with Crippen LogP contribution < -0.4 is 15.6 Å². The molecule has 3 aromatic rings. The van der Waals surface area contributed by atoms with Gasteiger partial charge in [-0.3, -0.25) is 9.59 Å². The standard InChI is InChI=1S/C22H21N3O4/c1-22(2,28)7-5-14-11-24-20(27)18-9-13-6-8-23-21(17(13)10-16(14)18)29-12-15-3-4-19(26)25-15/h6,8-11,15,28H,3-4,12H2,1-2H3,(H,24,27)(H,25,26)/t15-/m0/s1. The Bertz CT molecular complexity index is 1230. The van der Waals surface area contributed by atoms with E-state index in [1.54, 1.807) is 32.3 Å². The number of aromatic nitrogens is 2. The molecule has 0 aliphatic carbocycles. The number of carbonyl (C=O) groups excluding carboxylic acids is 1. The Morgan fingerprint density at radius 1 is 1.28 bits per heavy atom. The number of benzene rings is 1. The molecule has 0 bridgehead atoms. The molecule has 0 spiro atoms. The molecule has 0 radical (unpaired) electrons. The van der Waals surface area contributed by atoms with E-state index in [0.717, 1.165) is 17.2 Å². The summed E-state index contributed by atoms with van der Waals surface area (Å²) >= 11 is 0. The molecule has 1 aliphatic heterocycles. The zero-order valence-electron chi connectivity index (χ0n) is 16.2. The molecule has 1 atom stereocenters. The lowest BCUT2D eigenvalue weighted by molar-refractivity contribution is -0.119. The van der Waals surface area contributed by atoms with E-state index in [2.05, 4.69) is 27.1 Å². The number of amides is 1. The fourth-order valence-electron chi connectivity index (χ4n) is 3.32. The summed E-state index contributed by atoms with van der Waals surface area (Å²) in [6.07, 6.45) is 4.41. The first-order valence-corrected chi connectivity index (χ1v) is 9.42. The van der Waals surface area contributed by atoms with Gasteiger partial charge in [0.25, 0.3) is 5.56 Å². The monoisotopic (exact) mass is 391 g/mol. The first kappa shape index (κ1) is 19.0. The maximum absolute atomic E-state index is 12.4. The molecular formula is C22H21N3O4. The number of fused-ring (bicyclic) bond motifs is 2. The van der Waals surface area contributed by atoms with Crippen LogP contribution in [0, 0.1) is 11.8 Å². The van der Waals surface area contributed by atoms with Gasteiger partial charge in [0.15, 0.2) is 0 Å². The maximum Gasteiger partial charge on any atom is 0.255 e. The van der Waals surface area contributed by atoms with Crippen LogP contribution in [0.4, 0.5) is 0 Å². The Labute approximate surface area is 167 Å². The van der Waals surface area contributed by atoms with Crippen LogP contribution >= 0.6 is 0 Å². The van der Waals surface area contributed by atoms with E-state index in [0.29, 0.717) is 35.2 Å². The summed E-state index contributed by atoms with van der Waals surface area (Å²) in [5, 5.41) is 15.5. The van der Waals surface area contributed by atoms with Gasteiger partial charge < -0.3 is 20.1 Å². The third-order valence-electron chi connectivity index (χ3n) is 4.76. The molecule has 1 amide bonds. The average Bonchev–Trinajstić information content (AvgIpc) is 3.09. The SMILES string of the molecule is CC(C)(O)C#Cc1c[nH]c(=O)c2cc3ccnc(OC[C@@H]4CCC(=O)N4)c3cc12. The molecule has 4 rings (SSSR count). The van der Waals surface area contributed by atoms with Crippen molar-refractivity contribution in [3.05, 3.63) is 46.5 Å². The number of hydrogen-bond acceptors (Lipinski definition) is 5. The number of pyridine rings is 2. The highest BCUT2D eigenvalue weighted by molar-refractivity contribution is 6.01. The zero-order valence-corrected chi connectivity index (χ0v) is 16.2. The molecule has 148 valence electrons. The lowest BCUT2D eigenvalue weighted by Gasteiger charge is -2.13. The van der Waals surface area contributed by atoms with Crippen LogP contribution in [0.25, 0.3) is 21.5 Å². The highest BCUT2D eigenvalue weighted by Gasteiger charge is 2.21. The molecule has 3 N–H and O–H groups in total. The van der Waals surface area contributed by atoms with Crippen LogP contribution in [0.5, 0.6) is 5.88 Å². The van der Waals surface area contributed by atoms with Crippen molar-refractivity contribution in [2.75, 3.05) is 6.61 Å². The number of nitrogens with zero attached hydrogens (tertiary/aromatic N) is 1. The van der Waals surface area contributed by atoms with Crippen molar-refractivity contribution in [2.24, 2.45) is 0 Å². The third kappa shape index (κ3) is 4.08. The molecule has 0 saturated carbocycles. The summed E-state index contributed by atoms with van der Waals surface area (Å²) in [5.41, 5.74) is -0.772. The fraction of sp³-hybridized carbons (Fsp3) is 0.318. The van der Waals surface area contributed by atoms with Gasteiger partial charge in [0, 0.05) is 40.5 Å². The number of nitrogens with one attached hydrogen (secondary N) is 2. The summed E-state index contributed by atoms with van der Waals surface area (Å²) in [4.78, 5) is 30.8. The Morgan fingerprint density at radius 3 is 2.83 bits per heavy atom. The molecule has 29 heavy (non-hydrogen) atoms. The Balaban J connectivity index is 1.79. The summed E-state index contributed by atoms with van der Waals surface area (Å²) < 4.78 is 5.90. The first-order valence-electron chi connectivity index (χ1n) is 9.42. The van der Waals surface area contributed by atoms with E-state index in [4.69, 9.17) is 4.74 Å². The van der Waals surface area contributed by atoms with Crippen molar-refractivity contribution in [2.45, 2.75) is 38.3 Å². The Morgan fingerprint density at radius 2 is 2.10 bits per heavy atom. The number of H-pyrrole nitrogens is 1. The van der Waals surface area contributed by atoms with Crippen molar-refractivity contribution in [1.29, 1.82) is 0 Å². The fourth-order valence-corrected chi connectivity index (χ4v) is 3.32. The van der Waals surface area contributed by atoms with Crippen molar-refractivity contribution < 1.29 is 14.6 Å². The summed E-state index contributed by atoms with van der Waals surface area (Å²) in [7, 11) is 0. The summed E-state index contributed by atoms with van der Waals surface area (Å²) in [5.74, 6) is 6.19. The maximum atomic E-state index is 12.4. The molecular weight excluding hydrogens is 370 g/mol. The van der Waals surface area contributed by atoms with E-state index in [9.17, 15) is 14.7 Å². The molecule has 0 unspecified atom stereocenters. The highest BCUT2D eigenvalue weighted by Crippen LogP contribution is 2.28. The van der Waals surface area contributed by atoms with Crippen LogP contribution in [0.2, 0.25) is 0 Å². The van der Waals surface area contributed by atoms with Crippen LogP contribution in [-0.2, 0) is 4.79 Å². The number of aliphatic hydroxyl groups is 1. The molecule has 3 heterocycles. The predicted molar refractivity (Wildman–Crippen MR) is 110 cm³/mol. The normalized spacial score (nSPS) is 16.5. The molecule has 7 heteroatoms. The van der Waals surface area contributed by atoms with Crippen molar-refractivity contribution in [1.82, 2.24) is 15.3 Å². The minimum atomic E-state index is -1.15. The largest absolute Gasteiger partial charge is 0.475 e. The van der Waals surface area contributed by atoms with Crippen LogP contribution in [0.15, 0.2) is 35.4 Å². The van der Waals surface area contributed by atoms with E-state index in [1.807, 2.05) is 12.1 Å². The van der Waals surface area contributed by atoms with Gasteiger partial charge in [-0.15, -0.1) is 0 Å². The van der Waals surface area contributed by atoms with Gasteiger partial charge in [-0.25, -0.2) is 4.98 Å². The van der Waals surface area contributed by atoms with Gasteiger partial charge in [0.1, 0.15) is 12.2 Å². The van der Waals surface area contributed by atoms with Crippen LogP contribution in [0.1, 0.15) is 32.3 Å². The number of hydrogen-bond donors (Lipinski definition) is 3. The lowest BCUT2D eigenvalue weighted by Crippen LogP contribution is -2.31.